The number of ether oxygens (including phenoxy) is 2. The van der Waals surface area contributed by atoms with Crippen LogP contribution in [0.1, 0.15) is 168 Å². The lowest BCUT2D eigenvalue weighted by Gasteiger charge is -2.41. The van der Waals surface area contributed by atoms with Crippen LogP contribution in [0.25, 0.3) is 0 Å². The van der Waals surface area contributed by atoms with Crippen LogP contribution >= 0.6 is 7.82 Å². The highest BCUT2D eigenvalue weighted by molar-refractivity contribution is 7.47. The van der Waals surface area contributed by atoms with Crippen molar-refractivity contribution in [2.45, 2.75) is 211 Å². The average molecular weight is 793 g/mol. The fourth-order valence-corrected chi connectivity index (χ4v) is 7.36. The number of hydrogen-bond donors (Lipinski definition) is 6. The number of phosphoric ester groups is 1. The molecule has 1 saturated carbocycles. The van der Waals surface area contributed by atoms with Gasteiger partial charge in [-0.15, -0.1) is 0 Å². The van der Waals surface area contributed by atoms with E-state index in [1.165, 1.54) is 89.9 Å². The van der Waals surface area contributed by atoms with Gasteiger partial charge in [0.25, 0.3) is 0 Å². The molecule has 1 fully saturated rings. The number of allylic oxidation sites excluding steroid dienone is 4. The van der Waals surface area contributed by atoms with Crippen LogP contribution in [0, 0.1) is 0 Å². The van der Waals surface area contributed by atoms with Crippen molar-refractivity contribution in [3.63, 3.8) is 0 Å². The summed E-state index contributed by atoms with van der Waals surface area (Å²) in [6, 6.07) is 0. The van der Waals surface area contributed by atoms with E-state index in [4.69, 9.17) is 18.5 Å². The Kier molecular flexibility index (Phi) is 30.9. The molecule has 0 aliphatic heterocycles. The van der Waals surface area contributed by atoms with Crippen LogP contribution in [-0.2, 0) is 27.9 Å². The van der Waals surface area contributed by atoms with Crippen molar-refractivity contribution in [3.05, 3.63) is 24.3 Å². The largest absolute Gasteiger partial charge is 0.472 e. The Morgan fingerprint density at radius 3 is 1.59 bits per heavy atom. The summed E-state index contributed by atoms with van der Waals surface area (Å²) in [5.74, 6) is -0.483. The third-order valence-corrected chi connectivity index (χ3v) is 10.8. The van der Waals surface area contributed by atoms with Gasteiger partial charge in [0.1, 0.15) is 42.7 Å². The van der Waals surface area contributed by atoms with Crippen LogP contribution in [-0.4, -0.2) is 98.9 Å². The summed E-state index contributed by atoms with van der Waals surface area (Å²) in [6.07, 6.45) is 22.7. The Labute approximate surface area is 326 Å². The zero-order valence-electron chi connectivity index (χ0n) is 33.5. The van der Waals surface area contributed by atoms with E-state index in [0.29, 0.717) is 13.0 Å². The van der Waals surface area contributed by atoms with Crippen molar-refractivity contribution in [2.24, 2.45) is 0 Å². The van der Waals surface area contributed by atoms with Gasteiger partial charge in [0.2, 0.25) is 0 Å². The lowest BCUT2D eigenvalue weighted by atomic mass is 9.85. The second-order valence-electron chi connectivity index (χ2n) is 14.8. The molecular weight excluding hydrogens is 715 g/mol. The molecule has 6 atom stereocenters. The summed E-state index contributed by atoms with van der Waals surface area (Å²) in [4.78, 5) is 23.0. The van der Waals surface area contributed by atoms with E-state index in [1.54, 1.807) is 0 Å². The molecule has 6 unspecified atom stereocenters. The molecule has 6 N–H and O–H groups in total. The molecule has 0 aromatic carbocycles. The number of aliphatic hydroxyl groups excluding tert-OH is 5. The second kappa shape index (κ2) is 32.9. The monoisotopic (exact) mass is 793 g/mol. The highest BCUT2D eigenvalue weighted by atomic mass is 31.2. The normalized spacial score (nSPS) is 23.6. The molecule has 0 spiro atoms. The molecule has 0 heterocycles. The Morgan fingerprint density at radius 2 is 1.04 bits per heavy atom. The van der Waals surface area contributed by atoms with Crippen molar-refractivity contribution in [2.75, 3.05) is 19.8 Å². The second-order valence-corrected chi connectivity index (χ2v) is 16.3. The van der Waals surface area contributed by atoms with Crippen molar-refractivity contribution in [1.82, 2.24) is 0 Å². The van der Waals surface area contributed by atoms with Gasteiger partial charge in [0.05, 0.1) is 13.2 Å². The minimum atomic E-state index is -5.01. The van der Waals surface area contributed by atoms with Gasteiger partial charge in [-0.3, -0.25) is 13.8 Å². The number of aliphatic hydroxyl groups is 5. The van der Waals surface area contributed by atoms with Gasteiger partial charge in [-0.25, -0.2) is 4.57 Å². The van der Waals surface area contributed by atoms with E-state index in [2.05, 4.69) is 38.2 Å². The fraction of sp³-hybridized carbons (Fsp3) is 0.878. The quantitative estimate of drug-likeness (QED) is 0.0159. The Balaban J connectivity index is 2.37. The van der Waals surface area contributed by atoms with Gasteiger partial charge in [0, 0.05) is 13.0 Å². The van der Waals surface area contributed by atoms with E-state index < -0.39 is 63.1 Å². The number of rotatable bonds is 35. The molecule has 0 bridgehead atoms. The molecule has 1 rings (SSSR count). The predicted molar refractivity (Wildman–Crippen MR) is 212 cm³/mol. The standard InChI is InChI=1S/C41H77O12P/c1-3-5-7-9-11-13-14-15-16-17-18-19-20-21-22-23-24-26-28-30-35(42)52-34(32-50-31-29-27-25-12-10-8-6-4-2)33-51-54(48,49)53-41-39(46)37(44)36(43)38(45)40(41)47/h11,13,15-16,34,36-41,43-47H,3-10,12,14,17-33H2,1-2H3,(H,48,49)/b13-11-,16-15-. The number of unbranched alkanes of at least 4 members (excludes halogenated alkanes) is 19. The van der Waals surface area contributed by atoms with E-state index in [-0.39, 0.29) is 13.0 Å². The number of carbonyl (C=O) groups excluding carboxylic acids is 1. The first-order valence-electron chi connectivity index (χ1n) is 21.2. The molecule has 1 aliphatic rings. The first kappa shape index (κ1) is 50.8. The van der Waals surface area contributed by atoms with Crippen LogP contribution in [0.4, 0.5) is 0 Å². The fourth-order valence-electron chi connectivity index (χ4n) is 6.38. The number of carbonyl (C=O) groups is 1. The highest BCUT2D eigenvalue weighted by Gasteiger charge is 2.51. The predicted octanol–water partition coefficient (Wildman–Crippen LogP) is 7.75. The van der Waals surface area contributed by atoms with E-state index in [1.807, 2.05) is 0 Å². The Morgan fingerprint density at radius 1 is 0.593 bits per heavy atom. The van der Waals surface area contributed by atoms with Gasteiger partial charge in [-0.2, -0.15) is 0 Å². The summed E-state index contributed by atoms with van der Waals surface area (Å²) in [5, 5.41) is 50.0. The van der Waals surface area contributed by atoms with Gasteiger partial charge < -0.3 is 39.9 Å². The van der Waals surface area contributed by atoms with E-state index in [9.17, 15) is 39.8 Å². The maximum Gasteiger partial charge on any atom is 0.472 e. The first-order valence-corrected chi connectivity index (χ1v) is 22.7. The molecule has 0 saturated heterocycles. The minimum absolute atomic E-state index is 0.0760. The maximum absolute atomic E-state index is 12.7. The Hall–Kier alpha value is -1.18. The molecule has 0 amide bonds. The molecule has 0 aromatic heterocycles. The number of hydrogen-bond acceptors (Lipinski definition) is 11. The maximum atomic E-state index is 12.7. The smallest absolute Gasteiger partial charge is 0.457 e. The molecule has 0 aromatic rings. The summed E-state index contributed by atoms with van der Waals surface area (Å²) >= 11 is 0. The molecule has 12 nitrogen and oxygen atoms in total. The number of esters is 1. The number of phosphoric acid groups is 1. The van der Waals surface area contributed by atoms with Gasteiger partial charge in [-0.1, -0.05) is 141 Å². The molecule has 0 radical (unpaired) electrons. The molecule has 54 heavy (non-hydrogen) atoms. The van der Waals surface area contributed by atoms with Gasteiger partial charge in [-0.05, 0) is 44.9 Å². The topological polar surface area (TPSA) is 192 Å². The average Bonchev–Trinajstić information content (AvgIpc) is 3.15. The van der Waals surface area contributed by atoms with Crippen LogP contribution in [0.3, 0.4) is 0 Å². The zero-order chi connectivity index (χ0) is 39.9. The van der Waals surface area contributed by atoms with Crippen molar-refractivity contribution in [3.8, 4) is 0 Å². The lowest BCUT2D eigenvalue weighted by Crippen LogP contribution is -2.64. The third kappa shape index (κ3) is 25.1. The van der Waals surface area contributed by atoms with Crippen molar-refractivity contribution >= 4 is 13.8 Å². The highest BCUT2D eigenvalue weighted by Crippen LogP contribution is 2.47. The zero-order valence-corrected chi connectivity index (χ0v) is 34.4. The van der Waals surface area contributed by atoms with Crippen molar-refractivity contribution in [1.29, 1.82) is 0 Å². The SMILES string of the molecule is CCCCC/C=C\C/C=C\CCCCCCCCCCCC(=O)OC(COCCCCCCCCCC)COP(=O)(O)OC1C(O)C(O)C(O)C(O)C1O. The summed E-state index contributed by atoms with van der Waals surface area (Å²) in [5.41, 5.74) is 0. The third-order valence-electron chi connectivity index (χ3n) is 9.83. The van der Waals surface area contributed by atoms with Crippen LogP contribution in [0.15, 0.2) is 24.3 Å². The summed E-state index contributed by atoms with van der Waals surface area (Å²) < 4.78 is 34.0. The van der Waals surface area contributed by atoms with Crippen LogP contribution in [0.5, 0.6) is 0 Å². The lowest BCUT2D eigenvalue weighted by molar-refractivity contribution is -0.220. The summed E-state index contributed by atoms with van der Waals surface area (Å²) in [7, 11) is -5.01. The van der Waals surface area contributed by atoms with Crippen LogP contribution in [0.2, 0.25) is 0 Å². The van der Waals surface area contributed by atoms with Crippen molar-refractivity contribution < 1.29 is 58.3 Å². The van der Waals surface area contributed by atoms with E-state index in [0.717, 1.165) is 51.4 Å². The molecular formula is C41H77O12P. The van der Waals surface area contributed by atoms with Gasteiger partial charge in [0.15, 0.2) is 0 Å². The minimum Gasteiger partial charge on any atom is -0.457 e. The first-order chi connectivity index (χ1) is 26.0. The van der Waals surface area contributed by atoms with Crippen LogP contribution < -0.4 is 0 Å². The van der Waals surface area contributed by atoms with E-state index >= 15 is 0 Å². The summed E-state index contributed by atoms with van der Waals surface area (Å²) in [6.45, 7) is 4.19. The Bertz CT molecular complexity index is 995. The van der Waals surface area contributed by atoms with Gasteiger partial charge >= 0.3 is 13.8 Å². The molecule has 1 aliphatic carbocycles. The molecule has 13 heteroatoms. The molecule has 318 valence electrons.